The van der Waals surface area contributed by atoms with Crippen molar-refractivity contribution in [2.75, 3.05) is 13.7 Å². The van der Waals surface area contributed by atoms with Gasteiger partial charge in [-0.15, -0.1) is 0 Å². The summed E-state index contributed by atoms with van der Waals surface area (Å²) in [4.78, 5) is 15.2. The minimum atomic E-state index is -0.339. The number of amides is 1. The first-order chi connectivity index (χ1) is 14.5. The molecule has 0 aliphatic carbocycles. The zero-order valence-corrected chi connectivity index (χ0v) is 17.8. The Morgan fingerprint density at radius 3 is 2.87 bits per heavy atom. The zero-order chi connectivity index (χ0) is 20.9. The van der Waals surface area contributed by atoms with Crippen molar-refractivity contribution in [1.29, 1.82) is 0 Å². The van der Waals surface area contributed by atoms with Gasteiger partial charge >= 0.3 is 0 Å². The monoisotopic (exact) mass is 407 g/mol. The van der Waals surface area contributed by atoms with Gasteiger partial charge in [-0.25, -0.2) is 0 Å². The molecule has 0 saturated carbocycles. The number of nitrogens with zero attached hydrogens (tertiary/aromatic N) is 1. The smallest absolute Gasteiger partial charge is 0.227 e. The van der Waals surface area contributed by atoms with E-state index < -0.39 is 0 Å². The van der Waals surface area contributed by atoms with E-state index in [0.717, 1.165) is 42.0 Å². The number of para-hydroxylation sites is 1. The molecule has 0 spiro atoms. The first kappa shape index (κ1) is 19.4. The molecule has 0 unspecified atom stereocenters. The van der Waals surface area contributed by atoms with Gasteiger partial charge in [-0.1, -0.05) is 30.3 Å². The summed E-state index contributed by atoms with van der Waals surface area (Å²) in [6.07, 6.45) is 2.29. The minimum absolute atomic E-state index is 0.0274. The number of benzene rings is 2. The van der Waals surface area contributed by atoms with Crippen LogP contribution in [0.1, 0.15) is 43.9 Å². The van der Waals surface area contributed by atoms with Crippen LogP contribution >= 0.6 is 0 Å². The Balaban J connectivity index is 1.36. The summed E-state index contributed by atoms with van der Waals surface area (Å²) in [6.45, 7) is 5.03. The van der Waals surface area contributed by atoms with Gasteiger partial charge < -0.3 is 19.1 Å². The Labute approximate surface area is 177 Å². The molecule has 0 aromatic heterocycles. The highest BCUT2D eigenvalue weighted by Gasteiger charge is 2.53. The molecule has 2 aromatic rings. The average molecular weight is 408 g/mol. The van der Waals surface area contributed by atoms with E-state index in [2.05, 4.69) is 19.9 Å². The second-order valence-corrected chi connectivity index (χ2v) is 9.15. The molecule has 5 nitrogen and oxygen atoms in total. The molecule has 3 heterocycles. The standard InChI is InChI=1S/C25H29NO4/c1-25(2)19-15-20-22(29-24(19)18-9-4-5-10-21(18)30-25)11-12-26(20)23(27)14-16-7-6-8-17(13-16)28-3/h4-10,13,19-20,22,24H,11-12,14-15H2,1-3H3/t19-,20-,22-,24+/m1/s1. The molecule has 2 aromatic carbocycles. The lowest BCUT2D eigenvalue weighted by Gasteiger charge is -2.50. The van der Waals surface area contributed by atoms with Gasteiger partial charge in [0.1, 0.15) is 17.1 Å². The summed E-state index contributed by atoms with van der Waals surface area (Å²) in [5, 5.41) is 0. The second-order valence-electron chi connectivity index (χ2n) is 9.15. The number of ether oxygens (including phenoxy) is 3. The number of carbonyl (C=O) groups is 1. The Kier molecular flexibility index (Phi) is 4.73. The van der Waals surface area contributed by atoms with E-state index in [1.807, 2.05) is 47.4 Å². The molecule has 158 valence electrons. The fraction of sp³-hybridized carbons (Fsp3) is 0.480. The Bertz CT molecular complexity index is 956. The van der Waals surface area contributed by atoms with Gasteiger partial charge in [-0.05, 0) is 50.5 Å². The highest BCUT2D eigenvalue weighted by Crippen LogP contribution is 2.52. The van der Waals surface area contributed by atoms with Crippen molar-refractivity contribution in [2.24, 2.45) is 5.92 Å². The van der Waals surface area contributed by atoms with Crippen LogP contribution in [0.25, 0.3) is 0 Å². The van der Waals surface area contributed by atoms with E-state index in [1.165, 1.54) is 0 Å². The maximum absolute atomic E-state index is 13.2. The molecule has 2 fully saturated rings. The van der Waals surface area contributed by atoms with Crippen molar-refractivity contribution >= 4 is 5.91 Å². The molecule has 2 saturated heterocycles. The largest absolute Gasteiger partial charge is 0.497 e. The third kappa shape index (κ3) is 3.25. The number of likely N-dealkylation sites (tertiary alicyclic amines) is 1. The lowest BCUT2D eigenvalue weighted by molar-refractivity contribution is -0.167. The third-order valence-electron chi connectivity index (χ3n) is 6.97. The van der Waals surface area contributed by atoms with Crippen molar-refractivity contribution in [3.63, 3.8) is 0 Å². The first-order valence-corrected chi connectivity index (χ1v) is 10.8. The molecular formula is C25H29NO4. The number of carbonyl (C=O) groups excluding carboxylic acids is 1. The maximum atomic E-state index is 13.2. The van der Waals surface area contributed by atoms with E-state index in [4.69, 9.17) is 14.2 Å². The third-order valence-corrected chi connectivity index (χ3v) is 6.97. The van der Waals surface area contributed by atoms with Crippen LogP contribution in [0.5, 0.6) is 11.5 Å². The van der Waals surface area contributed by atoms with Crippen LogP contribution in [-0.2, 0) is 16.0 Å². The number of methoxy groups -OCH3 is 1. The molecule has 1 amide bonds. The van der Waals surface area contributed by atoms with Crippen molar-refractivity contribution in [1.82, 2.24) is 4.90 Å². The SMILES string of the molecule is COc1cccc(CC(=O)N2CC[C@H]3O[C@H]4c5ccccc5OC(C)(C)[C@@H]4C[C@H]32)c1. The molecule has 4 atom stereocenters. The maximum Gasteiger partial charge on any atom is 0.227 e. The van der Waals surface area contributed by atoms with Gasteiger partial charge in [0.15, 0.2) is 0 Å². The van der Waals surface area contributed by atoms with Crippen molar-refractivity contribution in [2.45, 2.75) is 57.0 Å². The van der Waals surface area contributed by atoms with Crippen LogP contribution < -0.4 is 9.47 Å². The summed E-state index contributed by atoms with van der Waals surface area (Å²) in [5.41, 5.74) is 1.78. The van der Waals surface area contributed by atoms with Crippen molar-refractivity contribution in [3.05, 3.63) is 59.7 Å². The molecule has 30 heavy (non-hydrogen) atoms. The lowest BCUT2D eigenvalue weighted by atomic mass is 9.74. The van der Waals surface area contributed by atoms with E-state index in [1.54, 1.807) is 7.11 Å². The van der Waals surface area contributed by atoms with Gasteiger partial charge in [-0.2, -0.15) is 0 Å². The fourth-order valence-electron chi connectivity index (χ4n) is 5.40. The summed E-state index contributed by atoms with van der Waals surface area (Å²) in [7, 11) is 1.65. The van der Waals surface area contributed by atoms with Crippen molar-refractivity contribution in [3.8, 4) is 11.5 Å². The number of fused-ring (bicyclic) bond motifs is 4. The molecule has 5 heteroatoms. The predicted octanol–water partition coefficient (Wildman–Crippen LogP) is 4.16. The van der Waals surface area contributed by atoms with Crippen LogP contribution in [0.4, 0.5) is 0 Å². The van der Waals surface area contributed by atoms with Gasteiger partial charge in [-0.3, -0.25) is 4.79 Å². The van der Waals surface area contributed by atoms with Crippen LogP contribution in [0, 0.1) is 5.92 Å². The fourth-order valence-corrected chi connectivity index (χ4v) is 5.40. The van der Waals surface area contributed by atoms with E-state index in [-0.39, 0.29) is 35.7 Å². The zero-order valence-electron chi connectivity index (χ0n) is 17.8. The van der Waals surface area contributed by atoms with Gasteiger partial charge in [0.05, 0.1) is 31.8 Å². The lowest BCUT2D eigenvalue weighted by Crippen LogP contribution is -2.54. The Morgan fingerprint density at radius 1 is 1.20 bits per heavy atom. The van der Waals surface area contributed by atoms with Gasteiger partial charge in [0.2, 0.25) is 5.91 Å². The van der Waals surface area contributed by atoms with Gasteiger partial charge in [0, 0.05) is 18.0 Å². The van der Waals surface area contributed by atoms with Crippen molar-refractivity contribution < 1.29 is 19.0 Å². The average Bonchev–Trinajstić information content (AvgIpc) is 3.16. The Morgan fingerprint density at radius 2 is 2.03 bits per heavy atom. The number of hydrogen-bond acceptors (Lipinski definition) is 4. The summed E-state index contributed by atoms with van der Waals surface area (Å²) >= 11 is 0. The predicted molar refractivity (Wildman–Crippen MR) is 114 cm³/mol. The topological polar surface area (TPSA) is 48.0 Å². The summed E-state index contributed by atoms with van der Waals surface area (Å²) < 4.78 is 18.3. The Hall–Kier alpha value is -2.53. The van der Waals surface area contributed by atoms with Gasteiger partial charge in [0.25, 0.3) is 0 Å². The summed E-state index contributed by atoms with van der Waals surface area (Å²) in [6, 6.07) is 16.1. The number of rotatable bonds is 3. The molecule has 5 rings (SSSR count). The molecular weight excluding hydrogens is 378 g/mol. The van der Waals surface area contributed by atoms with E-state index in [0.29, 0.717) is 6.42 Å². The number of hydrogen-bond donors (Lipinski definition) is 0. The first-order valence-electron chi connectivity index (χ1n) is 10.8. The van der Waals surface area contributed by atoms with E-state index >= 15 is 0 Å². The molecule has 0 bridgehead atoms. The molecule has 3 aliphatic rings. The summed E-state index contributed by atoms with van der Waals surface area (Å²) in [5.74, 6) is 2.07. The van der Waals surface area contributed by atoms with Crippen LogP contribution in [0.3, 0.4) is 0 Å². The molecule has 0 N–H and O–H groups in total. The molecule has 3 aliphatic heterocycles. The highest BCUT2D eigenvalue weighted by atomic mass is 16.5. The van der Waals surface area contributed by atoms with Crippen LogP contribution in [0.2, 0.25) is 0 Å². The highest BCUT2D eigenvalue weighted by molar-refractivity contribution is 5.79. The second kappa shape index (κ2) is 7.31. The van der Waals surface area contributed by atoms with Crippen LogP contribution in [-0.4, -0.2) is 42.2 Å². The molecule has 0 radical (unpaired) electrons. The normalized spacial score (nSPS) is 28.7. The van der Waals surface area contributed by atoms with E-state index in [9.17, 15) is 4.79 Å². The quantitative estimate of drug-likeness (QED) is 0.767. The minimum Gasteiger partial charge on any atom is -0.497 e. The van der Waals surface area contributed by atoms with Crippen LogP contribution in [0.15, 0.2) is 48.5 Å².